The molecule has 5 heteroatoms. The molecule has 4 nitrogen and oxygen atoms in total. The number of hydrogen-bond donors (Lipinski definition) is 2. The molecule has 0 aliphatic carbocycles. The van der Waals surface area contributed by atoms with E-state index in [1.165, 1.54) is 0 Å². The number of halogens is 1. The quantitative estimate of drug-likeness (QED) is 0.900. The van der Waals surface area contributed by atoms with E-state index in [0.29, 0.717) is 5.92 Å². The van der Waals surface area contributed by atoms with Gasteiger partial charge in [-0.3, -0.25) is 4.79 Å². The molecule has 18 heavy (non-hydrogen) atoms. The highest BCUT2D eigenvalue weighted by Crippen LogP contribution is 2.26. The van der Waals surface area contributed by atoms with Crippen LogP contribution in [0.4, 0.5) is 5.69 Å². The van der Waals surface area contributed by atoms with Gasteiger partial charge in [0.15, 0.2) is 0 Å². The number of rotatable bonds is 3. The van der Waals surface area contributed by atoms with Crippen LogP contribution in [0, 0.1) is 11.8 Å². The van der Waals surface area contributed by atoms with Gasteiger partial charge in [0, 0.05) is 22.8 Å². The summed E-state index contributed by atoms with van der Waals surface area (Å²) in [5.41, 5.74) is 0.755. The van der Waals surface area contributed by atoms with Crippen LogP contribution in [0.1, 0.15) is 6.92 Å². The van der Waals surface area contributed by atoms with Gasteiger partial charge in [-0.2, -0.15) is 0 Å². The van der Waals surface area contributed by atoms with Gasteiger partial charge in [-0.1, -0.05) is 22.9 Å². The summed E-state index contributed by atoms with van der Waals surface area (Å²) in [6.45, 7) is 3.74. The van der Waals surface area contributed by atoms with E-state index in [0.717, 1.165) is 29.0 Å². The topological polar surface area (TPSA) is 50.4 Å². The third kappa shape index (κ3) is 3.03. The lowest BCUT2D eigenvalue weighted by Gasteiger charge is -2.15. The minimum Gasteiger partial charge on any atom is -0.497 e. The van der Waals surface area contributed by atoms with Crippen LogP contribution in [-0.4, -0.2) is 26.1 Å². The summed E-state index contributed by atoms with van der Waals surface area (Å²) in [4.78, 5) is 12.1. The smallest absolute Gasteiger partial charge is 0.229 e. The summed E-state index contributed by atoms with van der Waals surface area (Å²) >= 11 is 3.40. The zero-order valence-corrected chi connectivity index (χ0v) is 12.1. The highest BCUT2D eigenvalue weighted by atomic mass is 79.9. The normalized spacial score (nSPS) is 22.8. The molecule has 0 saturated carbocycles. The maximum absolute atomic E-state index is 12.1. The average molecular weight is 313 g/mol. The van der Waals surface area contributed by atoms with Gasteiger partial charge >= 0.3 is 0 Å². The van der Waals surface area contributed by atoms with Gasteiger partial charge in [0.25, 0.3) is 0 Å². The SMILES string of the molecule is COc1cc(Br)cc(NC(=O)C2CNCC2C)c1. The van der Waals surface area contributed by atoms with E-state index in [1.54, 1.807) is 7.11 Å². The molecule has 0 bridgehead atoms. The first-order chi connectivity index (χ1) is 8.60. The zero-order chi connectivity index (χ0) is 13.1. The van der Waals surface area contributed by atoms with Crippen LogP contribution < -0.4 is 15.4 Å². The molecule has 0 aromatic heterocycles. The molecule has 0 spiro atoms. The molecule has 1 aliphatic rings. The molecule has 0 radical (unpaired) electrons. The van der Waals surface area contributed by atoms with E-state index >= 15 is 0 Å². The molecular weight excluding hydrogens is 296 g/mol. The first-order valence-corrected chi connectivity index (χ1v) is 6.75. The Balaban J connectivity index is 2.09. The van der Waals surface area contributed by atoms with E-state index in [2.05, 4.69) is 33.5 Å². The van der Waals surface area contributed by atoms with Crippen molar-refractivity contribution in [3.63, 3.8) is 0 Å². The van der Waals surface area contributed by atoms with Crippen LogP contribution in [0.25, 0.3) is 0 Å². The number of carbonyl (C=O) groups excluding carboxylic acids is 1. The molecule has 1 amide bonds. The number of anilines is 1. The lowest BCUT2D eigenvalue weighted by molar-refractivity contribution is -0.120. The van der Waals surface area contributed by atoms with Crippen molar-refractivity contribution < 1.29 is 9.53 Å². The van der Waals surface area contributed by atoms with Crippen molar-refractivity contribution in [2.45, 2.75) is 6.92 Å². The Morgan fingerprint density at radius 3 is 2.83 bits per heavy atom. The largest absolute Gasteiger partial charge is 0.497 e. The van der Waals surface area contributed by atoms with E-state index < -0.39 is 0 Å². The third-order valence-corrected chi connectivity index (χ3v) is 3.69. The second-order valence-electron chi connectivity index (χ2n) is 4.61. The number of amides is 1. The van der Waals surface area contributed by atoms with Gasteiger partial charge in [-0.25, -0.2) is 0 Å². The van der Waals surface area contributed by atoms with Crippen molar-refractivity contribution in [1.29, 1.82) is 0 Å². The molecule has 1 heterocycles. The predicted octanol–water partition coefficient (Wildman–Crippen LogP) is 2.25. The second kappa shape index (κ2) is 5.71. The van der Waals surface area contributed by atoms with Crippen molar-refractivity contribution >= 4 is 27.5 Å². The van der Waals surface area contributed by atoms with Gasteiger partial charge in [0.05, 0.1) is 13.0 Å². The minimum atomic E-state index is 0.0370. The third-order valence-electron chi connectivity index (χ3n) is 3.23. The first kappa shape index (κ1) is 13.4. The molecule has 1 aliphatic heterocycles. The summed E-state index contributed by atoms with van der Waals surface area (Å²) in [5.74, 6) is 1.19. The van der Waals surface area contributed by atoms with Crippen molar-refractivity contribution in [2.24, 2.45) is 11.8 Å². The summed E-state index contributed by atoms with van der Waals surface area (Å²) < 4.78 is 6.05. The molecular formula is C13H17BrN2O2. The summed E-state index contributed by atoms with van der Waals surface area (Å²) in [7, 11) is 1.61. The van der Waals surface area contributed by atoms with Gasteiger partial charge in [-0.05, 0) is 24.6 Å². The number of hydrogen-bond acceptors (Lipinski definition) is 3. The lowest BCUT2D eigenvalue weighted by atomic mass is 9.97. The van der Waals surface area contributed by atoms with E-state index in [-0.39, 0.29) is 11.8 Å². The monoisotopic (exact) mass is 312 g/mol. The van der Waals surface area contributed by atoms with Crippen molar-refractivity contribution in [1.82, 2.24) is 5.32 Å². The van der Waals surface area contributed by atoms with Crippen LogP contribution in [0.2, 0.25) is 0 Å². The molecule has 1 fully saturated rings. The van der Waals surface area contributed by atoms with E-state index in [9.17, 15) is 4.79 Å². The molecule has 2 atom stereocenters. The summed E-state index contributed by atoms with van der Waals surface area (Å²) in [6.07, 6.45) is 0. The maximum atomic E-state index is 12.1. The number of carbonyl (C=O) groups is 1. The van der Waals surface area contributed by atoms with Crippen LogP contribution >= 0.6 is 15.9 Å². The Morgan fingerprint density at radius 2 is 2.22 bits per heavy atom. The number of benzene rings is 1. The first-order valence-electron chi connectivity index (χ1n) is 5.96. The predicted molar refractivity (Wildman–Crippen MR) is 74.8 cm³/mol. The minimum absolute atomic E-state index is 0.0370. The molecule has 2 rings (SSSR count). The Hall–Kier alpha value is -1.07. The van der Waals surface area contributed by atoms with Crippen LogP contribution in [0.5, 0.6) is 5.75 Å². The van der Waals surface area contributed by atoms with E-state index in [1.807, 2.05) is 18.2 Å². The van der Waals surface area contributed by atoms with Crippen LogP contribution in [0.15, 0.2) is 22.7 Å². The maximum Gasteiger partial charge on any atom is 0.229 e. The van der Waals surface area contributed by atoms with Crippen molar-refractivity contribution in [2.75, 3.05) is 25.5 Å². The molecule has 2 N–H and O–H groups in total. The molecule has 1 aromatic rings. The highest BCUT2D eigenvalue weighted by molar-refractivity contribution is 9.10. The lowest BCUT2D eigenvalue weighted by Crippen LogP contribution is -2.27. The van der Waals surface area contributed by atoms with Crippen molar-refractivity contribution in [3.05, 3.63) is 22.7 Å². The standard InChI is InChI=1S/C13H17BrN2O2/c1-8-6-15-7-12(8)13(17)16-10-3-9(14)4-11(5-10)18-2/h3-5,8,12,15H,6-7H2,1-2H3,(H,16,17). The number of ether oxygens (including phenoxy) is 1. The fraction of sp³-hybridized carbons (Fsp3) is 0.462. The van der Waals surface area contributed by atoms with Gasteiger partial charge in [0.2, 0.25) is 5.91 Å². The fourth-order valence-corrected chi connectivity index (χ4v) is 2.62. The number of nitrogens with one attached hydrogen (secondary N) is 2. The van der Waals surface area contributed by atoms with Crippen LogP contribution in [0.3, 0.4) is 0 Å². The Morgan fingerprint density at radius 1 is 1.44 bits per heavy atom. The Labute approximate surface area is 115 Å². The molecule has 98 valence electrons. The second-order valence-corrected chi connectivity index (χ2v) is 5.53. The van der Waals surface area contributed by atoms with Crippen LogP contribution in [-0.2, 0) is 4.79 Å². The average Bonchev–Trinajstić information content (AvgIpc) is 2.74. The van der Waals surface area contributed by atoms with Crippen molar-refractivity contribution in [3.8, 4) is 5.75 Å². The van der Waals surface area contributed by atoms with Gasteiger partial charge in [0.1, 0.15) is 5.75 Å². The molecule has 2 unspecified atom stereocenters. The Bertz CT molecular complexity index is 451. The molecule has 1 saturated heterocycles. The molecule has 1 aromatic carbocycles. The fourth-order valence-electron chi connectivity index (χ4n) is 2.15. The summed E-state index contributed by atoms with van der Waals surface area (Å²) in [5, 5.41) is 6.17. The van der Waals surface area contributed by atoms with Gasteiger partial charge in [-0.15, -0.1) is 0 Å². The zero-order valence-electron chi connectivity index (χ0n) is 10.5. The number of methoxy groups -OCH3 is 1. The highest BCUT2D eigenvalue weighted by Gasteiger charge is 2.29. The van der Waals surface area contributed by atoms with E-state index in [4.69, 9.17) is 4.74 Å². The Kier molecular flexibility index (Phi) is 4.24. The summed E-state index contributed by atoms with van der Waals surface area (Å²) in [6, 6.07) is 5.54. The van der Waals surface area contributed by atoms with Gasteiger partial charge < -0.3 is 15.4 Å².